The van der Waals surface area contributed by atoms with E-state index in [9.17, 15) is 10.2 Å². The van der Waals surface area contributed by atoms with Gasteiger partial charge in [-0.25, -0.2) is 9.97 Å². The Labute approximate surface area is 193 Å². The number of nitrogens with zero attached hydrogens (tertiary/aromatic N) is 6. The fourth-order valence-electron chi connectivity index (χ4n) is 4.45. The summed E-state index contributed by atoms with van der Waals surface area (Å²) < 4.78 is 3.16. The number of imidazole rings is 1. The molecule has 0 spiro atoms. The van der Waals surface area contributed by atoms with Crippen LogP contribution < -0.4 is 5.32 Å². The van der Waals surface area contributed by atoms with Crippen LogP contribution >= 0.6 is 11.3 Å². The molecule has 1 aromatic carbocycles. The summed E-state index contributed by atoms with van der Waals surface area (Å²) in [5.74, 6) is 0. The molecule has 3 N–H and O–H groups in total. The van der Waals surface area contributed by atoms with Gasteiger partial charge in [0.05, 0.1) is 46.5 Å². The van der Waals surface area contributed by atoms with Gasteiger partial charge >= 0.3 is 0 Å². The second-order valence-corrected chi connectivity index (χ2v) is 9.45. The molecule has 5 aromatic rings. The van der Waals surface area contributed by atoms with Crippen LogP contribution in [0.5, 0.6) is 0 Å². The number of benzene rings is 1. The zero-order valence-corrected chi connectivity index (χ0v) is 18.6. The Kier molecular flexibility index (Phi) is 5.05. The van der Waals surface area contributed by atoms with Crippen molar-refractivity contribution in [3.8, 4) is 5.69 Å². The van der Waals surface area contributed by atoms with Crippen molar-refractivity contribution in [2.45, 2.75) is 43.9 Å². The lowest BCUT2D eigenvalue weighted by molar-refractivity contribution is -0.0161. The smallest absolute Gasteiger partial charge is 0.184 e. The molecule has 0 radical (unpaired) electrons. The maximum absolute atomic E-state index is 10.3. The predicted molar refractivity (Wildman–Crippen MR) is 126 cm³/mol. The molecule has 3 unspecified atom stereocenters. The highest BCUT2D eigenvalue weighted by molar-refractivity contribution is 7.22. The van der Waals surface area contributed by atoms with Crippen LogP contribution in [-0.2, 0) is 6.42 Å². The standard InChI is InChI=1S/C23H23N7O2S/c31-19-3-1-2-18(22(19)32)28-23-27-17-5-4-14(11-20(17)33-23)10-16-13-24-21-12-15(6-9-29(16)21)30-25-7-8-26-30/h4-9,11-13,18-19,22,31-32H,1-3,10H2,(H,27,28). The number of aliphatic hydroxyl groups excluding tert-OH is 2. The Morgan fingerprint density at radius 2 is 1.97 bits per heavy atom. The van der Waals surface area contributed by atoms with Crippen LogP contribution in [-0.4, -0.2) is 57.8 Å². The fourth-order valence-corrected chi connectivity index (χ4v) is 5.44. The number of hydrogen-bond acceptors (Lipinski definition) is 8. The number of thiazole rings is 1. The molecule has 10 heteroatoms. The van der Waals surface area contributed by atoms with E-state index in [1.165, 1.54) is 5.56 Å². The van der Waals surface area contributed by atoms with Crippen LogP contribution in [0.4, 0.5) is 5.13 Å². The number of pyridine rings is 1. The van der Waals surface area contributed by atoms with Gasteiger partial charge in [0.25, 0.3) is 0 Å². The Morgan fingerprint density at radius 1 is 1.09 bits per heavy atom. The fraction of sp³-hybridized carbons (Fsp3) is 0.304. The monoisotopic (exact) mass is 461 g/mol. The highest BCUT2D eigenvalue weighted by Crippen LogP contribution is 2.30. The van der Waals surface area contributed by atoms with E-state index in [4.69, 9.17) is 0 Å². The first kappa shape index (κ1) is 20.3. The van der Waals surface area contributed by atoms with Crippen molar-refractivity contribution in [3.05, 3.63) is 66.4 Å². The predicted octanol–water partition coefficient (Wildman–Crippen LogP) is 2.80. The van der Waals surface area contributed by atoms with Crippen molar-refractivity contribution in [1.29, 1.82) is 0 Å². The lowest BCUT2D eigenvalue weighted by atomic mass is 9.90. The second kappa shape index (κ2) is 8.22. The summed E-state index contributed by atoms with van der Waals surface area (Å²) in [6, 6.07) is 10.0. The first-order chi connectivity index (χ1) is 16.1. The molecule has 4 aromatic heterocycles. The summed E-state index contributed by atoms with van der Waals surface area (Å²) in [6.45, 7) is 0. The van der Waals surface area contributed by atoms with Crippen molar-refractivity contribution >= 4 is 32.3 Å². The Hall–Kier alpha value is -3.34. The molecule has 33 heavy (non-hydrogen) atoms. The molecule has 3 atom stereocenters. The van der Waals surface area contributed by atoms with E-state index in [1.54, 1.807) is 28.5 Å². The summed E-state index contributed by atoms with van der Waals surface area (Å²) in [5, 5.41) is 32.7. The molecule has 1 aliphatic carbocycles. The first-order valence-electron chi connectivity index (χ1n) is 11.0. The largest absolute Gasteiger partial charge is 0.390 e. The van der Waals surface area contributed by atoms with E-state index in [0.29, 0.717) is 6.42 Å². The van der Waals surface area contributed by atoms with E-state index in [0.717, 1.165) is 51.6 Å². The lowest BCUT2D eigenvalue weighted by Gasteiger charge is -2.32. The zero-order valence-electron chi connectivity index (χ0n) is 17.7. The van der Waals surface area contributed by atoms with Crippen LogP contribution in [0.15, 0.2) is 55.1 Å². The van der Waals surface area contributed by atoms with Gasteiger partial charge in [0, 0.05) is 30.6 Å². The van der Waals surface area contributed by atoms with Gasteiger partial charge in [-0.1, -0.05) is 17.4 Å². The zero-order chi connectivity index (χ0) is 22.4. The van der Waals surface area contributed by atoms with Crippen LogP contribution in [0.2, 0.25) is 0 Å². The number of fused-ring (bicyclic) bond motifs is 2. The van der Waals surface area contributed by atoms with E-state index in [2.05, 4.69) is 42.0 Å². The van der Waals surface area contributed by atoms with Crippen molar-refractivity contribution in [1.82, 2.24) is 29.4 Å². The number of aliphatic hydroxyl groups is 2. The molecule has 0 amide bonds. The van der Waals surface area contributed by atoms with Crippen molar-refractivity contribution in [3.63, 3.8) is 0 Å². The van der Waals surface area contributed by atoms with E-state index < -0.39 is 12.2 Å². The summed E-state index contributed by atoms with van der Waals surface area (Å²) >= 11 is 1.57. The molecule has 9 nitrogen and oxygen atoms in total. The third-order valence-electron chi connectivity index (χ3n) is 6.19. The van der Waals surface area contributed by atoms with Crippen LogP contribution in [0, 0.1) is 0 Å². The van der Waals surface area contributed by atoms with Crippen LogP contribution in [0.25, 0.3) is 21.6 Å². The molecule has 1 saturated carbocycles. The number of anilines is 1. The van der Waals surface area contributed by atoms with Crippen molar-refractivity contribution < 1.29 is 10.2 Å². The molecule has 6 rings (SSSR count). The Bertz CT molecular complexity index is 1410. The maximum atomic E-state index is 10.3. The molecule has 0 bridgehead atoms. The molecule has 4 heterocycles. The molecular weight excluding hydrogens is 438 g/mol. The normalized spacial score (nSPS) is 21.1. The van der Waals surface area contributed by atoms with Gasteiger partial charge in [0.1, 0.15) is 5.65 Å². The minimum atomic E-state index is -0.763. The number of hydrogen-bond donors (Lipinski definition) is 3. The van der Waals surface area contributed by atoms with Crippen LogP contribution in [0.3, 0.4) is 0 Å². The number of rotatable bonds is 5. The van der Waals surface area contributed by atoms with Crippen molar-refractivity contribution in [2.24, 2.45) is 0 Å². The summed E-state index contributed by atoms with van der Waals surface area (Å²) in [4.78, 5) is 10.8. The van der Waals surface area contributed by atoms with Gasteiger partial charge in [0.15, 0.2) is 5.13 Å². The van der Waals surface area contributed by atoms with Gasteiger partial charge in [-0.2, -0.15) is 15.0 Å². The van der Waals surface area contributed by atoms with E-state index in [1.807, 2.05) is 30.6 Å². The van der Waals surface area contributed by atoms with Gasteiger partial charge in [0.2, 0.25) is 0 Å². The molecule has 1 fully saturated rings. The van der Waals surface area contributed by atoms with E-state index in [-0.39, 0.29) is 6.04 Å². The minimum Gasteiger partial charge on any atom is -0.390 e. The molecular formula is C23H23N7O2S. The first-order valence-corrected chi connectivity index (χ1v) is 11.8. The Morgan fingerprint density at radius 3 is 2.85 bits per heavy atom. The number of nitrogens with one attached hydrogen (secondary N) is 1. The van der Waals surface area contributed by atoms with Gasteiger partial charge in [-0.15, -0.1) is 0 Å². The summed E-state index contributed by atoms with van der Waals surface area (Å²) in [5.41, 5.74) is 4.90. The summed E-state index contributed by atoms with van der Waals surface area (Å²) in [6.07, 6.45) is 8.86. The van der Waals surface area contributed by atoms with E-state index >= 15 is 0 Å². The lowest BCUT2D eigenvalue weighted by Crippen LogP contribution is -2.45. The van der Waals surface area contributed by atoms with Crippen LogP contribution in [0.1, 0.15) is 30.5 Å². The average Bonchev–Trinajstić information content (AvgIpc) is 3.56. The molecule has 168 valence electrons. The average molecular weight is 462 g/mol. The maximum Gasteiger partial charge on any atom is 0.184 e. The quantitative estimate of drug-likeness (QED) is 0.369. The van der Waals surface area contributed by atoms with Gasteiger partial charge in [-0.3, -0.25) is 0 Å². The Balaban J connectivity index is 1.23. The number of aromatic nitrogens is 6. The SMILES string of the molecule is OC1CCCC(Nc2nc3ccc(Cc4cnc5cc(-n6nccn6)ccn45)cc3s2)C1O. The highest BCUT2D eigenvalue weighted by atomic mass is 32.1. The van der Waals surface area contributed by atoms with Gasteiger partial charge in [-0.05, 0) is 43.0 Å². The van der Waals surface area contributed by atoms with Gasteiger partial charge < -0.3 is 19.9 Å². The third kappa shape index (κ3) is 3.86. The molecule has 0 saturated heterocycles. The molecule has 1 aliphatic rings. The molecule has 0 aliphatic heterocycles. The summed E-state index contributed by atoms with van der Waals surface area (Å²) in [7, 11) is 0. The van der Waals surface area contributed by atoms with Crippen molar-refractivity contribution in [2.75, 3.05) is 5.32 Å². The highest BCUT2D eigenvalue weighted by Gasteiger charge is 2.30. The third-order valence-corrected chi connectivity index (χ3v) is 7.14. The second-order valence-electron chi connectivity index (χ2n) is 8.42. The topological polar surface area (TPSA) is 113 Å². The minimum absolute atomic E-state index is 0.172.